The molecule has 1 N–H and O–H groups in total. The molecule has 0 amide bonds. The van der Waals surface area contributed by atoms with E-state index in [4.69, 9.17) is 18.6 Å². The van der Waals surface area contributed by atoms with Gasteiger partial charge in [0.15, 0.2) is 0 Å². The van der Waals surface area contributed by atoms with Gasteiger partial charge < -0.3 is 23.9 Å². The zero-order valence-electron chi connectivity index (χ0n) is 12.7. The first-order valence-electron chi connectivity index (χ1n) is 7.28. The Morgan fingerprint density at radius 3 is 2.80 bits per heavy atom. The highest BCUT2D eigenvalue weighted by molar-refractivity contribution is 5.16. The number of methoxy groups -OCH3 is 1. The van der Waals surface area contributed by atoms with Gasteiger partial charge in [0.05, 0.1) is 19.5 Å². The van der Waals surface area contributed by atoms with E-state index in [-0.39, 0.29) is 0 Å². The van der Waals surface area contributed by atoms with Crippen molar-refractivity contribution in [1.29, 1.82) is 0 Å². The first kappa shape index (κ1) is 17.2. The lowest BCUT2D eigenvalue weighted by molar-refractivity contribution is 0.0284. The summed E-state index contributed by atoms with van der Waals surface area (Å²) in [6, 6.07) is 1.99. The molecule has 116 valence electrons. The zero-order chi connectivity index (χ0) is 14.5. The highest BCUT2D eigenvalue weighted by atomic mass is 16.5. The van der Waals surface area contributed by atoms with Gasteiger partial charge in [-0.1, -0.05) is 6.92 Å². The van der Waals surface area contributed by atoms with E-state index in [1.165, 1.54) is 5.56 Å². The summed E-state index contributed by atoms with van der Waals surface area (Å²) in [5.41, 5.74) is 1.17. The van der Waals surface area contributed by atoms with Gasteiger partial charge in [-0.3, -0.25) is 0 Å². The lowest BCUT2D eigenvalue weighted by Gasteiger charge is -2.06. The topological polar surface area (TPSA) is 52.9 Å². The minimum absolute atomic E-state index is 0.498. The van der Waals surface area contributed by atoms with Gasteiger partial charge in [-0.05, 0) is 25.5 Å². The molecular formula is C15H27NO4. The van der Waals surface area contributed by atoms with E-state index in [0.29, 0.717) is 26.4 Å². The number of nitrogens with one attached hydrogen (secondary N) is 1. The second kappa shape index (κ2) is 11.9. The van der Waals surface area contributed by atoms with E-state index in [2.05, 4.69) is 12.2 Å². The Morgan fingerprint density at radius 2 is 2.00 bits per heavy atom. The van der Waals surface area contributed by atoms with Crippen LogP contribution in [0.5, 0.6) is 0 Å². The van der Waals surface area contributed by atoms with Crippen molar-refractivity contribution < 1.29 is 18.6 Å². The third-order valence-electron chi connectivity index (χ3n) is 2.82. The Labute approximate surface area is 121 Å². The first-order valence-corrected chi connectivity index (χ1v) is 7.28. The SMILES string of the molecule is CCCNCc1ccoc1COCCOCCCOC. The molecule has 0 aliphatic rings. The van der Waals surface area contributed by atoms with E-state index < -0.39 is 0 Å². The predicted octanol–water partition coefficient (Wildman–Crippen LogP) is 2.35. The summed E-state index contributed by atoms with van der Waals surface area (Å²) in [6.45, 7) is 7.13. The van der Waals surface area contributed by atoms with Crippen LogP contribution in [0.3, 0.4) is 0 Å². The Bertz CT molecular complexity index is 327. The van der Waals surface area contributed by atoms with Crippen LogP contribution in [0.4, 0.5) is 0 Å². The Hall–Kier alpha value is -0.880. The van der Waals surface area contributed by atoms with Crippen LogP contribution in [0, 0.1) is 0 Å². The monoisotopic (exact) mass is 285 g/mol. The molecule has 1 heterocycles. The van der Waals surface area contributed by atoms with E-state index in [1.807, 2.05) is 6.07 Å². The van der Waals surface area contributed by atoms with Crippen molar-refractivity contribution in [2.75, 3.05) is 40.1 Å². The van der Waals surface area contributed by atoms with Crippen LogP contribution in [0.2, 0.25) is 0 Å². The molecule has 20 heavy (non-hydrogen) atoms. The van der Waals surface area contributed by atoms with Crippen molar-refractivity contribution in [3.63, 3.8) is 0 Å². The highest BCUT2D eigenvalue weighted by Gasteiger charge is 2.05. The molecule has 1 aromatic heterocycles. The van der Waals surface area contributed by atoms with Gasteiger partial charge in [-0.25, -0.2) is 0 Å². The molecule has 0 spiro atoms. The molecular weight excluding hydrogens is 258 g/mol. The molecule has 0 saturated carbocycles. The van der Waals surface area contributed by atoms with Crippen LogP contribution in [0.25, 0.3) is 0 Å². The number of hydrogen-bond donors (Lipinski definition) is 1. The summed E-state index contributed by atoms with van der Waals surface area (Å²) in [4.78, 5) is 0. The van der Waals surface area contributed by atoms with Gasteiger partial charge in [0, 0.05) is 32.4 Å². The number of rotatable bonds is 13. The average molecular weight is 285 g/mol. The molecule has 0 aromatic carbocycles. The van der Waals surface area contributed by atoms with E-state index in [0.717, 1.165) is 38.3 Å². The molecule has 0 aliphatic carbocycles. The van der Waals surface area contributed by atoms with Crippen LogP contribution < -0.4 is 5.32 Å². The Kier molecular flexibility index (Phi) is 10.2. The molecule has 1 rings (SSSR count). The van der Waals surface area contributed by atoms with Crippen LogP contribution in [-0.2, 0) is 27.4 Å². The fraction of sp³-hybridized carbons (Fsp3) is 0.733. The van der Waals surface area contributed by atoms with Crippen LogP contribution >= 0.6 is 0 Å². The lowest BCUT2D eigenvalue weighted by Crippen LogP contribution is -2.14. The van der Waals surface area contributed by atoms with Gasteiger partial charge in [-0.2, -0.15) is 0 Å². The quantitative estimate of drug-likeness (QED) is 0.564. The Balaban J connectivity index is 2.05. The van der Waals surface area contributed by atoms with Gasteiger partial charge >= 0.3 is 0 Å². The first-order chi connectivity index (χ1) is 9.88. The molecule has 0 radical (unpaired) electrons. The molecule has 0 unspecified atom stereocenters. The number of hydrogen-bond acceptors (Lipinski definition) is 5. The van der Waals surface area contributed by atoms with Gasteiger partial charge in [-0.15, -0.1) is 0 Å². The molecule has 0 saturated heterocycles. The van der Waals surface area contributed by atoms with Crippen molar-refractivity contribution in [1.82, 2.24) is 5.32 Å². The van der Waals surface area contributed by atoms with Gasteiger partial charge in [0.1, 0.15) is 12.4 Å². The van der Waals surface area contributed by atoms with Crippen LogP contribution in [0.1, 0.15) is 31.1 Å². The summed E-state index contributed by atoms with van der Waals surface area (Å²) in [7, 11) is 1.69. The summed E-state index contributed by atoms with van der Waals surface area (Å²) in [5, 5.41) is 3.36. The van der Waals surface area contributed by atoms with Crippen molar-refractivity contribution in [2.45, 2.75) is 32.9 Å². The van der Waals surface area contributed by atoms with E-state index >= 15 is 0 Å². The lowest BCUT2D eigenvalue weighted by atomic mass is 10.2. The van der Waals surface area contributed by atoms with Gasteiger partial charge in [0.2, 0.25) is 0 Å². The molecule has 0 bridgehead atoms. The third-order valence-corrected chi connectivity index (χ3v) is 2.82. The number of furan rings is 1. The highest BCUT2D eigenvalue weighted by Crippen LogP contribution is 2.11. The maximum absolute atomic E-state index is 5.55. The minimum Gasteiger partial charge on any atom is -0.467 e. The standard InChI is InChI=1S/C15H27NO4/c1-3-6-16-12-14-5-9-20-15(14)13-19-11-10-18-8-4-7-17-2/h5,9,16H,3-4,6-8,10-13H2,1-2H3. The largest absolute Gasteiger partial charge is 0.467 e. The van der Waals surface area contributed by atoms with E-state index in [1.54, 1.807) is 13.4 Å². The van der Waals surface area contributed by atoms with Crippen molar-refractivity contribution in [3.05, 3.63) is 23.7 Å². The Morgan fingerprint density at radius 1 is 1.15 bits per heavy atom. The summed E-state index contributed by atoms with van der Waals surface area (Å²) < 4.78 is 21.3. The van der Waals surface area contributed by atoms with Crippen LogP contribution in [0.15, 0.2) is 16.7 Å². The summed E-state index contributed by atoms with van der Waals surface area (Å²) >= 11 is 0. The summed E-state index contributed by atoms with van der Waals surface area (Å²) in [5.74, 6) is 0.896. The maximum atomic E-state index is 5.55. The smallest absolute Gasteiger partial charge is 0.133 e. The van der Waals surface area contributed by atoms with Crippen LogP contribution in [-0.4, -0.2) is 40.1 Å². The second-order valence-corrected chi connectivity index (χ2v) is 4.56. The average Bonchev–Trinajstić information content (AvgIpc) is 2.90. The van der Waals surface area contributed by atoms with Crippen molar-refractivity contribution >= 4 is 0 Å². The zero-order valence-corrected chi connectivity index (χ0v) is 12.7. The van der Waals surface area contributed by atoms with Gasteiger partial charge in [0.25, 0.3) is 0 Å². The van der Waals surface area contributed by atoms with Crippen molar-refractivity contribution in [3.8, 4) is 0 Å². The summed E-state index contributed by atoms with van der Waals surface area (Å²) in [6.07, 6.45) is 3.76. The third kappa shape index (κ3) is 7.65. The fourth-order valence-corrected chi connectivity index (χ4v) is 1.74. The number of ether oxygens (including phenoxy) is 3. The molecule has 1 aromatic rings. The second-order valence-electron chi connectivity index (χ2n) is 4.56. The van der Waals surface area contributed by atoms with Crippen molar-refractivity contribution in [2.24, 2.45) is 0 Å². The fourth-order valence-electron chi connectivity index (χ4n) is 1.74. The van der Waals surface area contributed by atoms with E-state index in [9.17, 15) is 0 Å². The molecule has 5 nitrogen and oxygen atoms in total. The molecule has 0 atom stereocenters. The minimum atomic E-state index is 0.498. The molecule has 0 aliphatic heterocycles. The predicted molar refractivity (Wildman–Crippen MR) is 77.7 cm³/mol. The molecule has 5 heteroatoms. The normalized spacial score (nSPS) is 11.1. The maximum Gasteiger partial charge on any atom is 0.133 e. The molecule has 0 fully saturated rings.